The third-order valence-electron chi connectivity index (χ3n) is 5.39. The molecule has 5 rings (SSSR count). The zero-order valence-corrected chi connectivity index (χ0v) is 21.0. The van der Waals surface area contributed by atoms with Crippen molar-refractivity contribution < 1.29 is 9.18 Å². The van der Waals surface area contributed by atoms with Crippen LogP contribution in [0.3, 0.4) is 0 Å². The number of carbonyl (C=O) groups is 1. The van der Waals surface area contributed by atoms with Crippen LogP contribution in [-0.2, 0) is 0 Å². The molecule has 3 heterocycles. The molecule has 0 aliphatic rings. The van der Waals surface area contributed by atoms with E-state index in [1.807, 2.05) is 48.9 Å². The van der Waals surface area contributed by atoms with Gasteiger partial charge in [-0.05, 0) is 67.3 Å². The van der Waals surface area contributed by atoms with Gasteiger partial charge in [0.05, 0.1) is 11.4 Å². The summed E-state index contributed by atoms with van der Waals surface area (Å²) >= 11 is 2.95. The first kappa shape index (κ1) is 23.7. The van der Waals surface area contributed by atoms with E-state index in [2.05, 4.69) is 25.7 Å². The molecule has 0 radical (unpaired) electrons. The number of nitrogens with one attached hydrogen (secondary N) is 2. The minimum absolute atomic E-state index is 0.264. The molecular weight excluding hydrogens is 495 g/mol. The van der Waals surface area contributed by atoms with Crippen molar-refractivity contribution in [3.63, 3.8) is 0 Å². The fourth-order valence-corrected chi connectivity index (χ4v) is 4.79. The molecule has 0 fully saturated rings. The average Bonchev–Trinajstić information content (AvgIpc) is 3.55. The Morgan fingerprint density at radius 1 is 1.11 bits per heavy atom. The average molecular weight is 517 g/mol. The number of pyridine rings is 1. The Hall–Kier alpha value is -4.02. The van der Waals surface area contributed by atoms with Gasteiger partial charge < -0.3 is 10.6 Å². The summed E-state index contributed by atoms with van der Waals surface area (Å²) in [5.74, 6) is -0.668. The monoisotopic (exact) mass is 516 g/mol. The number of rotatable bonds is 7. The van der Waals surface area contributed by atoms with E-state index in [4.69, 9.17) is 0 Å². The topological polar surface area (TPSA) is 84.7 Å². The summed E-state index contributed by atoms with van der Waals surface area (Å²) in [6.07, 6.45) is 5.41. The minimum Gasteiger partial charge on any atom is -0.331 e. The fraction of sp³-hybridized carbons (Fsp3) is 0.0769. The predicted octanol–water partition coefficient (Wildman–Crippen LogP) is 6.56. The highest BCUT2D eigenvalue weighted by molar-refractivity contribution is 7.98. The lowest BCUT2D eigenvalue weighted by atomic mass is 10.2. The van der Waals surface area contributed by atoms with Gasteiger partial charge in [-0.1, -0.05) is 6.07 Å². The maximum absolute atomic E-state index is 13.3. The second kappa shape index (κ2) is 10.3. The summed E-state index contributed by atoms with van der Waals surface area (Å²) in [6.45, 7) is 1.98. The molecule has 0 aliphatic carbocycles. The van der Waals surface area contributed by atoms with Crippen LogP contribution in [0.4, 0.5) is 20.9 Å². The molecule has 2 aromatic carbocycles. The van der Waals surface area contributed by atoms with Crippen LogP contribution in [0.5, 0.6) is 0 Å². The number of aromatic nitrogens is 4. The summed E-state index contributed by atoms with van der Waals surface area (Å²) in [5.41, 5.74) is 5.20. The van der Waals surface area contributed by atoms with Crippen molar-refractivity contribution in [2.45, 2.75) is 11.9 Å². The van der Waals surface area contributed by atoms with Crippen molar-refractivity contribution in [3.05, 3.63) is 95.5 Å². The van der Waals surface area contributed by atoms with E-state index in [0.717, 1.165) is 32.7 Å². The smallest absolute Gasteiger partial charge is 0.276 e. The van der Waals surface area contributed by atoms with E-state index >= 15 is 0 Å². The van der Waals surface area contributed by atoms with Crippen LogP contribution < -0.4 is 10.6 Å². The van der Waals surface area contributed by atoms with E-state index in [9.17, 15) is 9.18 Å². The number of nitrogens with zero attached hydrogens (tertiary/aromatic N) is 4. The number of thiazole rings is 1. The van der Waals surface area contributed by atoms with Crippen molar-refractivity contribution in [1.82, 2.24) is 19.7 Å². The molecule has 0 bridgehead atoms. The van der Waals surface area contributed by atoms with Crippen LogP contribution in [0.25, 0.3) is 16.9 Å². The number of aryl methyl sites for hydroxylation is 1. The Morgan fingerprint density at radius 3 is 2.69 bits per heavy atom. The summed E-state index contributed by atoms with van der Waals surface area (Å²) in [6, 6.07) is 17.2. The normalized spacial score (nSPS) is 10.9. The van der Waals surface area contributed by atoms with E-state index in [-0.39, 0.29) is 17.4 Å². The molecule has 0 spiro atoms. The van der Waals surface area contributed by atoms with Crippen molar-refractivity contribution in [1.29, 1.82) is 0 Å². The molecule has 0 saturated carbocycles. The standard InChI is InChI=1S/C26H21FN6OS2/c1-16-5-8-19(12-21(16)30-26-31-23(15-36-26)17-4-3-11-28-14-17)29-25(34)22-13-24(35-2)33(32-22)20-9-6-18(27)7-10-20/h3-15H,1-2H3,(H,29,34)(H,30,31). The van der Waals surface area contributed by atoms with Crippen molar-refractivity contribution >= 4 is 45.5 Å². The number of hydrogen-bond donors (Lipinski definition) is 2. The molecule has 10 heteroatoms. The molecule has 1 amide bonds. The quantitative estimate of drug-likeness (QED) is 0.239. The Kier molecular flexibility index (Phi) is 6.79. The first-order valence-corrected chi connectivity index (χ1v) is 13.1. The second-order valence-corrected chi connectivity index (χ2v) is 9.53. The van der Waals surface area contributed by atoms with Crippen LogP contribution >= 0.6 is 23.1 Å². The lowest BCUT2D eigenvalue weighted by Gasteiger charge is -2.10. The maximum atomic E-state index is 13.3. The Labute approximate surface area is 215 Å². The number of carbonyl (C=O) groups excluding carboxylic acids is 1. The van der Waals surface area contributed by atoms with Crippen LogP contribution in [0.2, 0.25) is 0 Å². The van der Waals surface area contributed by atoms with Gasteiger partial charge in [0.2, 0.25) is 0 Å². The first-order chi connectivity index (χ1) is 17.5. The number of halogens is 1. The first-order valence-electron chi connectivity index (χ1n) is 10.9. The summed E-state index contributed by atoms with van der Waals surface area (Å²) in [7, 11) is 0. The molecule has 0 unspecified atom stereocenters. The molecule has 5 aromatic rings. The molecular formula is C26H21FN6OS2. The van der Waals surface area contributed by atoms with E-state index in [1.54, 1.807) is 35.3 Å². The molecule has 0 aliphatic heterocycles. The Bertz CT molecular complexity index is 1520. The zero-order valence-electron chi connectivity index (χ0n) is 19.4. The van der Waals surface area contributed by atoms with Crippen LogP contribution in [0.15, 0.2) is 83.5 Å². The third-order valence-corrected chi connectivity index (χ3v) is 6.85. The van der Waals surface area contributed by atoms with E-state index < -0.39 is 0 Å². The SMILES string of the molecule is CSc1cc(C(=O)Nc2ccc(C)c(Nc3nc(-c4cccnc4)cs3)c2)nn1-c1ccc(F)cc1. The summed E-state index contributed by atoms with van der Waals surface area (Å²) < 4.78 is 15.0. The lowest BCUT2D eigenvalue weighted by Crippen LogP contribution is -2.13. The van der Waals surface area contributed by atoms with Crippen molar-refractivity contribution in [2.24, 2.45) is 0 Å². The molecule has 2 N–H and O–H groups in total. The molecule has 0 atom stereocenters. The largest absolute Gasteiger partial charge is 0.331 e. The van der Waals surface area contributed by atoms with Crippen LogP contribution in [0.1, 0.15) is 16.1 Å². The summed E-state index contributed by atoms with van der Waals surface area (Å²) in [5, 5.41) is 14.2. The molecule has 180 valence electrons. The highest BCUT2D eigenvalue weighted by Gasteiger charge is 2.16. The van der Waals surface area contributed by atoms with Gasteiger partial charge in [0.1, 0.15) is 10.8 Å². The summed E-state index contributed by atoms with van der Waals surface area (Å²) in [4.78, 5) is 21.8. The van der Waals surface area contributed by atoms with Gasteiger partial charge in [-0.25, -0.2) is 14.1 Å². The fourth-order valence-electron chi connectivity index (χ4n) is 3.51. The van der Waals surface area contributed by atoms with Gasteiger partial charge in [-0.15, -0.1) is 23.1 Å². The van der Waals surface area contributed by atoms with Gasteiger partial charge >= 0.3 is 0 Å². The van der Waals surface area contributed by atoms with Gasteiger partial charge in [0.25, 0.3) is 5.91 Å². The number of anilines is 3. The van der Waals surface area contributed by atoms with E-state index in [1.165, 1.54) is 35.2 Å². The second-order valence-electron chi connectivity index (χ2n) is 7.85. The van der Waals surface area contributed by atoms with E-state index in [0.29, 0.717) is 11.4 Å². The molecule has 3 aromatic heterocycles. The van der Waals surface area contributed by atoms with Gasteiger partial charge in [0.15, 0.2) is 10.8 Å². The van der Waals surface area contributed by atoms with Gasteiger partial charge in [-0.2, -0.15) is 5.10 Å². The van der Waals surface area contributed by atoms with Crippen LogP contribution in [-0.4, -0.2) is 31.9 Å². The number of thioether (sulfide) groups is 1. The molecule has 7 nitrogen and oxygen atoms in total. The maximum Gasteiger partial charge on any atom is 0.276 e. The Morgan fingerprint density at radius 2 is 1.94 bits per heavy atom. The molecule has 0 saturated heterocycles. The molecule has 36 heavy (non-hydrogen) atoms. The number of benzene rings is 2. The van der Waals surface area contributed by atoms with Gasteiger partial charge in [-0.3, -0.25) is 9.78 Å². The third kappa shape index (κ3) is 5.14. The highest BCUT2D eigenvalue weighted by Crippen LogP contribution is 2.30. The van der Waals surface area contributed by atoms with Crippen LogP contribution in [0, 0.1) is 12.7 Å². The number of amides is 1. The minimum atomic E-state index is -0.339. The number of hydrogen-bond acceptors (Lipinski definition) is 7. The zero-order chi connectivity index (χ0) is 25.1. The highest BCUT2D eigenvalue weighted by atomic mass is 32.2. The Balaban J connectivity index is 1.34. The van der Waals surface area contributed by atoms with Crippen molar-refractivity contribution in [2.75, 3.05) is 16.9 Å². The predicted molar refractivity (Wildman–Crippen MR) is 143 cm³/mol. The lowest BCUT2D eigenvalue weighted by molar-refractivity contribution is 0.102. The van der Waals surface area contributed by atoms with Crippen molar-refractivity contribution in [3.8, 4) is 16.9 Å². The van der Waals surface area contributed by atoms with Gasteiger partial charge in [0, 0.05) is 40.8 Å².